The van der Waals surface area contributed by atoms with Gasteiger partial charge in [-0.2, -0.15) is 9.97 Å². The van der Waals surface area contributed by atoms with Crippen LogP contribution in [0.4, 0.5) is 22.7 Å². The zero-order valence-electron chi connectivity index (χ0n) is 20.0. The Labute approximate surface area is 203 Å². The number of hydrogen-bond donors (Lipinski definition) is 1. The second kappa shape index (κ2) is 10.7. The fraction of sp³-hybridized carbons (Fsp3) is 0.435. The Hall–Kier alpha value is -3.31. The molecule has 1 N–H and O–H groups in total. The van der Waals surface area contributed by atoms with E-state index in [9.17, 15) is 4.79 Å². The molecular formula is C23H30N8O2S. The number of rotatable bonds is 8. The third-order valence-electron chi connectivity index (χ3n) is 5.54. The van der Waals surface area contributed by atoms with Crippen LogP contribution in [0.25, 0.3) is 0 Å². The first-order chi connectivity index (χ1) is 16.4. The number of thiazole rings is 1. The van der Waals surface area contributed by atoms with Crippen molar-refractivity contribution in [3.63, 3.8) is 0 Å². The second-order valence-electron chi connectivity index (χ2n) is 8.19. The van der Waals surface area contributed by atoms with Crippen molar-refractivity contribution >= 4 is 40.0 Å². The number of aryl methyl sites for hydroxylation is 1. The molecule has 0 aliphatic carbocycles. The molecule has 1 saturated heterocycles. The van der Waals surface area contributed by atoms with Crippen LogP contribution in [0, 0.1) is 6.92 Å². The maximum absolute atomic E-state index is 12.2. The van der Waals surface area contributed by atoms with Gasteiger partial charge in [-0.25, -0.2) is 9.78 Å². The van der Waals surface area contributed by atoms with Gasteiger partial charge in [0.25, 0.3) is 0 Å². The first-order valence-corrected chi connectivity index (χ1v) is 12.1. The van der Waals surface area contributed by atoms with Crippen molar-refractivity contribution in [1.29, 1.82) is 0 Å². The summed E-state index contributed by atoms with van der Waals surface area (Å²) in [6.45, 7) is 8.29. The van der Waals surface area contributed by atoms with Gasteiger partial charge in [0.1, 0.15) is 16.5 Å². The van der Waals surface area contributed by atoms with Crippen LogP contribution in [-0.2, 0) is 11.3 Å². The van der Waals surface area contributed by atoms with Crippen LogP contribution in [-0.4, -0.2) is 77.7 Å². The number of nitrogens with zero attached hydrogens (tertiary/aromatic N) is 7. The molecule has 1 fully saturated rings. The second-order valence-corrected chi connectivity index (χ2v) is 9.19. The van der Waals surface area contributed by atoms with Crippen molar-refractivity contribution in [2.75, 3.05) is 62.0 Å². The lowest BCUT2D eigenvalue weighted by Crippen LogP contribution is -2.45. The predicted octanol–water partition coefficient (Wildman–Crippen LogP) is 2.95. The summed E-state index contributed by atoms with van der Waals surface area (Å²) in [6, 6.07) is 5.99. The molecule has 0 spiro atoms. The lowest BCUT2D eigenvalue weighted by Gasteiger charge is -2.33. The number of likely N-dealkylation sites (N-methyl/N-ethyl adjacent to an activating group) is 1. The summed E-state index contributed by atoms with van der Waals surface area (Å²) in [7, 11) is 4.13. The third-order valence-corrected chi connectivity index (χ3v) is 6.59. The van der Waals surface area contributed by atoms with Crippen LogP contribution in [0.1, 0.15) is 27.9 Å². The van der Waals surface area contributed by atoms with Gasteiger partial charge in [0.05, 0.1) is 12.3 Å². The number of ether oxygens (including phenoxy) is 1. The molecule has 0 radical (unpaired) electrons. The third kappa shape index (κ3) is 5.78. The van der Waals surface area contributed by atoms with Crippen molar-refractivity contribution in [2.45, 2.75) is 20.4 Å². The first kappa shape index (κ1) is 23.8. The molecule has 1 aliphatic rings. The first-order valence-electron chi connectivity index (χ1n) is 11.3. The molecule has 1 aliphatic heterocycles. The van der Waals surface area contributed by atoms with Crippen LogP contribution < -0.4 is 15.1 Å². The van der Waals surface area contributed by atoms with E-state index in [-0.39, 0.29) is 5.97 Å². The molecule has 0 unspecified atom stereocenters. The zero-order chi connectivity index (χ0) is 24.1. The van der Waals surface area contributed by atoms with Crippen molar-refractivity contribution in [3.05, 3.63) is 46.7 Å². The maximum Gasteiger partial charge on any atom is 0.350 e. The molecule has 3 aromatic rings. The Bertz CT molecular complexity index is 1120. The highest BCUT2D eigenvalue weighted by Gasteiger charge is 2.20. The largest absolute Gasteiger partial charge is 0.462 e. The number of nitrogens with one attached hydrogen (secondary N) is 1. The molecule has 0 amide bonds. The summed E-state index contributed by atoms with van der Waals surface area (Å²) in [5.41, 5.74) is 1.71. The summed E-state index contributed by atoms with van der Waals surface area (Å²) >= 11 is 1.24. The predicted molar refractivity (Wildman–Crippen MR) is 134 cm³/mol. The van der Waals surface area contributed by atoms with E-state index in [1.807, 2.05) is 31.4 Å². The van der Waals surface area contributed by atoms with Crippen LogP contribution in [0.3, 0.4) is 0 Å². The number of piperazine rings is 1. The Morgan fingerprint density at radius 2 is 2.03 bits per heavy atom. The number of anilines is 4. The van der Waals surface area contributed by atoms with Crippen LogP contribution in [0.5, 0.6) is 0 Å². The number of pyridine rings is 1. The fourth-order valence-corrected chi connectivity index (χ4v) is 4.50. The topological polar surface area (TPSA) is 99.6 Å². The van der Waals surface area contributed by atoms with E-state index in [1.54, 1.807) is 20.0 Å². The monoisotopic (exact) mass is 482 g/mol. The summed E-state index contributed by atoms with van der Waals surface area (Å²) < 4.78 is 5.14. The van der Waals surface area contributed by atoms with Crippen molar-refractivity contribution in [2.24, 2.45) is 0 Å². The summed E-state index contributed by atoms with van der Waals surface area (Å²) in [5.74, 6) is 1.72. The molecule has 10 nitrogen and oxygen atoms in total. The molecule has 3 aromatic heterocycles. The van der Waals surface area contributed by atoms with Crippen molar-refractivity contribution < 1.29 is 9.53 Å². The van der Waals surface area contributed by atoms with Gasteiger partial charge in [-0.3, -0.25) is 10.3 Å². The number of aromatic nitrogens is 4. The highest BCUT2D eigenvalue weighted by atomic mass is 32.1. The molecule has 0 saturated carbocycles. The number of esters is 1. The average molecular weight is 483 g/mol. The Kier molecular flexibility index (Phi) is 7.53. The van der Waals surface area contributed by atoms with Crippen molar-refractivity contribution in [3.8, 4) is 0 Å². The molecule has 0 bridgehead atoms. The minimum Gasteiger partial charge on any atom is -0.462 e. The fourth-order valence-electron chi connectivity index (χ4n) is 3.65. The van der Waals surface area contributed by atoms with Gasteiger partial charge in [-0.1, -0.05) is 17.4 Å². The number of carbonyl (C=O) groups excluding carboxylic acids is 1. The molecule has 0 atom stereocenters. The van der Waals surface area contributed by atoms with Crippen LogP contribution in [0.15, 0.2) is 30.6 Å². The number of carbonyl (C=O) groups is 1. The smallest absolute Gasteiger partial charge is 0.350 e. The summed E-state index contributed by atoms with van der Waals surface area (Å²) in [5, 5.41) is 3.76. The molecule has 4 heterocycles. The van der Waals surface area contributed by atoms with Crippen LogP contribution in [0.2, 0.25) is 0 Å². The summed E-state index contributed by atoms with van der Waals surface area (Å²) in [4.78, 5) is 37.6. The Morgan fingerprint density at radius 1 is 1.24 bits per heavy atom. The maximum atomic E-state index is 12.2. The number of hydrogen-bond acceptors (Lipinski definition) is 11. The van der Waals surface area contributed by atoms with Gasteiger partial charge in [0.2, 0.25) is 5.95 Å². The van der Waals surface area contributed by atoms with E-state index in [2.05, 4.69) is 37.0 Å². The molecular weight excluding hydrogens is 452 g/mol. The average Bonchev–Trinajstić information content (AvgIpc) is 3.20. The summed E-state index contributed by atoms with van der Waals surface area (Å²) in [6.07, 6.45) is 3.62. The van der Waals surface area contributed by atoms with Gasteiger partial charge >= 0.3 is 5.97 Å². The van der Waals surface area contributed by atoms with Crippen LogP contribution >= 0.6 is 11.3 Å². The molecule has 0 aromatic carbocycles. The highest BCUT2D eigenvalue weighted by molar-refractivity contribution is 7.17. The van der Waals surface area contributed by atoms with Crippen molar-refractivity contribution in [1.82, 2.24) is 24.8 Å². The Morgan fingerprint density at radius 3 is 2.74 bits per heavy atom. The minimum atomic E-state index is -0.366. The van der Waals surface area contributed by atoms with E-state index in [0.717, 1.165) is 43.4 Å². The minimum absolute atomic E-state index is 0.321. The highest BCUT2D eigenvalue weighted by Crippen LogP contribution is 2.28. The van der Waals surface area contributed by atoms with Gasteiger partial charge in [-0.15, -0.1) is 0 Å². The normalized spacial score (nSPS) is 14.2. The van der Waals surface area contributed by atoms with Gasteiger partial charge in [0.15, 0.2) is 5.13 Å². The van der Waals surface area contributed by atoms with E-state index in [4.69, 9.17) is 14.7 Å². The SMILES string of the molecule is CCOC(=O)c1sc(Nc2nc(N(C)Cc3cccnc3)cc(N3CCN(C)CC3)n2)nc1C. The molecule has 180 valence electrons. The van der Waals surface area contributed by atoms with E-state index in [1.165, 1.54) is 11.3 Å². The standard InChI is InChI=1S/C23H30N8O2S/c1-5-33-21(32)20-16(2)25-23(34-20)28-22-26-18(30(4)15-17-7-6-8-24-14-17)13-19(27-22)31-11-9-29(3)10-12-31/h6-8,13-14H,5,9-12,15H2,1-4H3,(H,25,26,27,28). The van der Waals surface area contributed by atoms with E-state index in [0.29, 0.717) is 34.8 Å². The van der Waals surface area contributed by atoms with Gasteiger partial charge < -0.3 is 19.4 Å². The Balaban J connectivity index is 1.62. The molecule has 34 heavy (non-hydrogen) atoms. The lowest BCUT2D eigenvalue weighted by molar-refractivity contribution is 0.0531. The lowest BCUT2D eigenvalue weighted by atomic mass is 10.2. The van der Waals surface area contributed by atoms with E-state index < -0.39 is 0 Å². The molecule has 4 rings (SSSR count). The van der Waals surface area contributed by atoms with Gasteiger partial charge in [0, 0.05) is 58.2 Å². The van der Waals surface area contributed by atoms with E-state index >= 15 is 0 Å². The quantitative estimate of drug-likeness (QED) is 0.482. The zero-order valence-corrected chi connectivity index (χ0v) is 20.8. The van der Waals surface area contributed by atoms with Gasteiger partial charge in [-0.05, 0) is 32.5 Å². The molecule has 11 heteroatoms.